The van der Waals surface area contributed by atoms with Crippen LogP contribution in [-0.4, -0.2) is 58.1 Å². The lowest BCUT2D eigenvalue weighted by atomic mass is 10.2. The number of benzene rings is 2. The van der Waals surface area contributed by atoms with E-state index in [0.717, 1.165) is 17.7 Å². The molecule has 0 aliphatic rings. The molecule has 12 heteroatoms. The molecule has 3 rings (SSSR count). The molecule has 0 aliphatic heterocycles. The number of nitrogens with one attached hydrogen (secondary N) is 2. The number of thioether (sulfide) groups is 1. The molecule has 0 atom stereocenters. The summed E-state index contributed by atoms with van der Waals surface area (Å²) in [5.41, 5.74) is 1.99. The number of nitrogens with zero attached hydrogens (tertiary/aromatic N) is 3. The van der Waals surface area contributed by atoms with Crippen LogP contribution in [0.15, 0.2) is 54.6 Å². The maximum atomic E-state index is 12.8. The van der Waals surface area contributed by atoms with E-state index in [-0.39, 0.29) is 23.8 Å². The van der Waals surface area contributed by atoms with Gasteiger partial charge < -0.3 is 15.4 Å². The summed E-state index contributed by atoms with van der Waals surface area (Å²) in [6.45, 7) is -0.601. The monoisotopic (exact) mass is 521 g/mol. The number of carbonyl (C=O) groups is 2. The third-order valence-corrected chi connectivity index (χ3v) is 5.66. The Hall–Kier alpha value is -3.38. The molecule has 3 aromatic rings. The Labute approximate surface area is 210 Å². The number of halogens is 3. The highest BCUT2D eigenvalue weighted by atomic mass is 32.2. The summed E-state index contributed by atoms with van der Waals surface area (Å²) in [4.78, 5) is 24.8. The molecule has 0 bridgehead atoms. The average molecular weight is 522 g/mol. The first-order valence-corrected chi connectivity index (χ1v) is 12.5. The maximum absolute atomic E-state index is 12.8. The number of aromatic nitrogens is 3. The Morgan fingerprint density at radius 2 is 1.72 bits per heavy atom. The normalized spacial score (nSPS) is 11.3. The summed E-state index contributed by atoms with van der Waals surface area (Å²) in [5.74, 6) is -0.332. The van der Waals surface area contributed by atoms with Gasteiger partial charge in [0.25, 0.3) is 11.8 Å². The van der Waals surface area contributed by atoms with Gasteiger partial charge in [-0.05, 0) is 48.3 Å². The van der Waals surface area contributed by atoms with Gasteiger partial charge in [0.2, 0.25) is 0 Å². The number of amides is 2. The van der Waals surface area contributed by atoms with Crippen molar-refractivity contribution >= 4 is 23.6 Å². The number of ether oxygens (including phenoxy) is 1. The third-order valence-electron chi connectivity index (χ3n) is 4.96. The van der Waals surface area contributed by atoms with Crippen LogP contribution in [0.1, 0.15) is 38.5 Å². The molecule has 0 unspecified atom stereocenters. The van der Waals surface area contributed by atoms with Gasteiger partial charge in [0.05, 0.1) is 18.9 Å². The van der Waals surface area contributed by atoms with Crippen molar-refractivity contribution in [3.8, 4) is 5.69 Å². The van der Waals surface area contributed by atoms with Crippen LogP contribution in [-0.2, 0) is 18.0 Å². The number of carbonyl (C=O) groups excluding carboxylic acids is 2. The lowest BCUT2D eigenvalue weighted by Crippen LogP contribution is -2.33. The van der Waals surface area contributed by atoms with Gasteiger partial charge in [0.15, 0.2) is 5.69 Å². The molecule has 2 N–H and O–H groups in total. The van der Waals surface area contributed by atoms with E-state index in [4.69, 9.17) is 4.74 Å². The highest BCUT2D eigenvalue weighted by molar-refractivity contribution is 7.98. The molecule has 8 nitrogen and oxygen atoms in total. The van der Waals surface area contributed by atoms with Crippen LogP contribution in [0, 0.1) is 0 Å². The summed E-state index contributed by atoms with van der Waals surface area (Å²) < 4.78 is 44.4. The Kier molecular flexibility index (Phi) is 9.88. The maximum Gasteiger partial charge on any atom is 0.405 e. The predicted molar refractivity (Wildman–Crippen MR) is 130 cm³/mol. The fourth-order valence-corrected chi connectivity index (χ4v) is 3.63. The van der Waals surface area contributed by atoms with Crippen LogP contribution >= 0.6 is 11.8 Å². The summed E-state index contributed by atoms with van der Waals surface area (Å²) in [6.07, 6.45) is -1.71. The summed E-state index contributed by atoms with van der Waals surface area (Å²) in [6, 6.07) is 15.3. The summed E-state index contributed by atoms with van der Waals surface area (Å²) >= 11 is 1.68. The van der Waals surface area contributed by atoms with Gasteiger partial charge in [0, 0.05) is 12.1 Å². The molecular weight excluding hydrogens is 495 g/mol. The van der Waals surface area contributed by atoms with Gasteiger partial charge in [-0.1, -0.05) is 35.5 Å². The zero-order valence-corrected chi connectivity index (χ0v) is 20.4. The van der Waals surface area contributed by atoms with Gasteiger partial charge >= 0.3 is 6.18 Å². The highest BCUT2D eigenvalue weighted by Gasteiger charge is 2.28. The fourth-order valence-electron chi connectivity index (χ4n) is 3.19. The first-order chi connectivity index (χ1) is 17.3. The van der Waals surface area contributed by atoms with Crippen LogP contribution < -0.4 is 10.6 Å². The zero-order chi connectivity index (χ0) is 26.0. The topological polar surface area (TPSA) is 98.1 Å². The van der Waals surface area contributed by atoms with Crippen molar-refractivity contribution in [3.63, 3.8) is 0 Å². The van der Waals surface area contributed by atoms with Crippen molar-refractivity contribution in [2.75, 3.05) is 25.1 Å². The average Bonchev–Trinajstić information content (AvgIpc) is 3.29. The number of rotatable bonds is 12. The SMILES string of the molecule is CSCCCNC(=O)c1nnn(-c2ccc(C(=O)NCC(F)(F)F)cc2)c1COCc1ccccc1. The molecule has 0 aliphatic carbocycles. The second-order valence-corrected chi connectivity index (χ2v) is 8.71. The van der Waals surface area contributed by atoms with Crippen molar-refractivity contribution in [3.05, 3.63) is 77.1 Å². The minimum absolute atomic E-state index is 0.0310. The summed E-state index contributed by atoms with van der Waals surface area (Å²) in [7, 11) is 0. The Morgan fingerprint density at radius 3 is 2.39 bits per heavy atom. The molecule has 0 saturated carbocycles. The molecule has 2 amide bonds. The Morgan fingerprint density at radius 1 is 1.00 bits per heavy atom. The van der Waals surface area contributed by atoms with E-state index in [0.29, 0.717) is 24.5 Å². The van der Waals surface area contributed by atoms with Crippen LogP contribution in [0.25, 0.3) is 5.69 Å². The number of alkyl halides is 3. The molecule has 0 saturated heterocycles. The van der Waals surface area contributed by atoms with E-state index in [2.05, 4.69) is 15.6 Å². The van der Waals surface area contributed by atoms with Gasteiger partial charge in [-0.15, -0.1) is 5.10 Å². The first-order valence-electron chi connectivity index (χ1n) is 11.1. The van der Waals surface area contributed by atoms with E-state index >= 15 is 0 Å². The van der Waals surface area contributed by atoms with Crippen LogP contribution in [0.3, 0.4) is 0 Å². The van der Waals surface area contributed by atoms with Gasteiger partial charge in [-0.3, -0.25) is 9.59 Å². The van der Waals surface area contributed by atoms with Crippen molar-refractivity contribution in [2.24, 2.45) is 0 Å². The van der Waals surface area contributed by atoms with Crippen molar-refractivity contribution in [1.29, 1.82) is 0 Å². The predicted octanol–water partition coefficient (Wildman–Crippen LogP) is 3.76. The molecule has 0 radical (unpaired) electrons. The van der Waals surface area contributed by atoms with Crippen molar-refractivity contribution < 1.29 is 27.5 Å². The molecule has 0 fully saturated rings. The molecule has 1 heterocycles. The minimum atomic E-state index is -4.50. The van der Waals surface area contributed by atoms with Crippen LogP contribution in [0.4, 0.5) is 13.2 Å². The molecule has 1 aromatic heterocycles. The molecule has 192 valence electrons. The highest BCUT2D eigenvalue weighted by Crippen LogP contribution is 2.17. The zero-order valence-electron chi connectivity index (χ0n) is 19.5. The van der Waals surface area contributed by atoms with E-state index < -0.39 is 18.6 Å². The Balaban J connectivity index is 1.77. The molecule has 36 heavy (non-hydrogen) atoms. The van der Waals surface area contributed by atoms with E-state index in [9.17, 15) is 22.8 Å². The summed E-state index contributed by atoms with van der Waals surface area (Å²) in [5, 5.41) is 12.8. The van der Waals surface area contributed by atoms with Crippen LogP contribution in [0.2, 0.25) is 0 Å². The second-order valence-electron chi connectivity index (χ2n) is 7.72. The largest absolute Gasteiger partial charge is 0.405 e. The Bertz CT molecular complexity index is 1140. The number of hydrogen-bond donors (Lipinski definition) is 2. The van der Waals surface area contributed by atoms with Gasteiger partial charge in [-0.25, -0.2) is 4.68 Å². The molecular formula is C24H26F3N5O3S. The molecule has 0 spiro atoms. The first kappa shape index (κ1) is 27.2. The van der Waals surface area contributed by atoms with Crippen LogP contribution in [0.5, 0.6) is 0 Å². The second kappa shape index (κ2) is 13.1. The molecule has 2 aromatic carbocycles. The third kappa shape index (κ3) is 8.09. The lowest BCUT2D eigenvalue weighted by molar-refractivity contribution is -0.123. The van der Waals surface area contributed by atoms with Crippen molar-refractivity contribution in [1.82, 2.24) is 25.6 Å². The fraction of sp³-hybridized carbons (Fsp3) is 0.333. The van der Waals surface area contributed by atoms with Gasteiger partial charge in [-0.2, -0.15) is 24.9 Å². The van der Waals surface area contributed by atoms with Crippen molar-refractivity contribution in [2.45, 2.75) is 25.8 Å². The van der Waals surface area contributed by atoms with E-state index in [1.807, 2.05) is 41.9 Å². The van der Waals surface area contributed by atoms with E-state index in [1.165, 1.54) is 28.9 Å². The smallest absolute Gasteiger partial charge is 0.370 e. The van der Waals surface area contributed by atoms with E-state index in [1.54, 1.807) is 11.8 Å². The van der Waals surface area contributed by atoms with Gasteiger partial charge in [0.1, 0.15) is 12.2 Å². The number of hydrogen-bond acceptors (Lipinski definition) is 6. The minimum Gasteiger partial charge on any atom is -0.370 e. The standard InChI is InChI=1S/C24H26F3N5O3S/c1-36-13-5-12-28-23(34)21-20(15-35-14-17-6-3-2-4-7-17)32(31-30-21)19-10-8-18(9-11-19)22(33)29-16-24(25,26)27/h2-4,6-11H,5,12-16H2,1H3,(H,28,34)(H,29,33). The lowest BCUT2D eigenvalue weighted by Gasteiger charge is -2.11. The quantitative estimate of drug-likeness (QED) is 0.352.